The number of hydrogen-bond donors (Lipinski definition) is 0. The molecule has 0 aromatic heterocycles. The number of imide groups is 1. The number of nitrogens with zero attached hydrogens (tertiary/aromatic N) is 2. The molecule has 0 spiro atoms. The first-order valence-corrected chi connectivity index (χ1v) is 11.0. The highest BCUT2D eigenvalue weighted by molar-refractivity contribution is 6.35. The zero-order valence-corrected chi connectivity index (χ0v) is 18.1. The minimum atomic E-state index is -0.257. The van der Waals surface area contributed by atoms with Crippen molar-refractivity contribution < 1.29 is 14.3 Å². The van der Waals surface area contributed by atoms with Crippen LogP contribution in [-0.2, 0) is 16.2 Å². The van der Waals surface area contributed by atoms with Gasteiger partial charge in [-0.25, -0.2) is 0 Å². The van der Waals surface area contributed by atoms with Crippen molar-refractivity contribution in [3.8, 4) is 5.75 Å². The van der Waals surface area contributed by atoms with Gasteiger partial charge in [-0.3, -0.25) is 9.59 Å². The Bertz CT molecular complexity index is 1080. The van der Waals surface area contributed by atoms with Crippen LogP contribution >= 0.6 is 23.2 Å². The van der Waals surface area contributed by atoms with Crippen LogP contribution in [0, 0.1) is 23.7 Å². The smallest absolute Gasteiger partial charge is 0.254 e. The van der Waals surface area contributed by atoms with E-state index >= 15 is 0 Å². The standard InChI is InChI=1S/C24H20Cl2N2O3/c25-18-9-8-17(20(26)11-18)13-31-19-3-1-2-14(10-19)12-27-28-23(29)21-15-4-5-16(7-6-15)22(21)24(28)30/h1-5,8-12,15-16,21-22H,6-7,13H2/b27-12-/t15-,16-,21-,22+/m0/s1. The van der Waals surface area contributed by atoms with Gasteiger partial charge in [0.05, 0.1) is 18.1 Å². The lowest BCUT2D eigenvalue weighted by Gasteiger charge is -2.37. The van der Waals surface area contributed by atoms with Crippen molar-refractivity contribution in [2.75, 3.05) is 0 Å². The van der Waals surface area contributed by atoms with E-state index < -0.39 is 0 Å². The zero-order chi connectivity index (χ0) is 21.5. The molecule has 1 heterocycles. The fourth-order valence-corrected chi connectivity index (χ4v) is 5.24. The van der Waals surface area contributed by atoms with E-state index in [0.29, 0.717) is 22.4 Å². The van der Waals surface area contributed by atoms with Crippen molar-refractivity contribution in [2.45, 2.75) is 19.4 Å². The van der Waals surface area contributed by atoms with Crippen molar-refractivity contribution in [3.05, 3.63) is 75.8 Å². The van der Waals surface area contributed by atoms with E-state index in [-0.39, 0.29) is 35.5 Å². The number of hydrazone groups is 1. The molecule has 31 heavy (non-hydrogen) atoms. The highest BCUT2D eigenvalue weighted by Crippen LogP contribution is 2.49. The molecule has 0 radical (unpaired) electrons. The average Bonchev–Trinajstić information content (AvgIpc) is 3.05. The number of hydrogen-bond acceptors (Lipinski definition) is 4. The quantitative estimate of drug-likeness (QED) is 0.358. The number of allylic oxidation sites excluding steroid dienone is 2. The Balaban J connectivity index is 1.28. The van der Waals surface area contributed by atoms with Gasteiger partial charge in [0, 0.05) is 15.6 Å². The van der Waals surface area contributed by atoms with E-state index in [1.54, 1.807) is 18.2 Å². The summed E-state index contributed by atoms with van der Waals surface area (Å²) in [6.07, 6.45) is 7.67. The molecule has 2 amide bonds. The minimum Gasteiger partial charge on any atom is -0.489 e. The molecule has 2 aromatic rings. The second-order valence-electron chi connectivity index (χ2n) is 8.17. The lowest BCUT2D eigenvalue weighted by Crippen LogP contribution is -2.38. The Morgan fingerprint density at radius 3 is 2.35 bits per heavy atom. The van der Waals surface area contributed by atoms with Crippen molar-refractivity contribution in [1.29, 1.82) is 0 Å². The SMILES string of the molecule is O=C1[C@@H]2[C@H](C(=O)N1/N=C\c1cccc(OCc3ccc(Cl)cc3Cl)c1)[C@H]1C=C[C@H]2CC1. The van der Waals surface area contributed by atoms with Crippen LogP contribution < -0.4 is 4.74 Å². The summed E-state index contributed by atoms with van der Waals surface area (Å²) in [5.41, 5.74) is 1.56. The Morgan fingerprint density at radius 1 is 1.00 bits per heavy atom. The molecule has 158 valence electrons. The van der Waals surface area contributed by atoms with Crippen LogP contribution in [0.3, 0.4) is 0 Å². The Hall–Kier alpha value is -2.63. The predicted molar refractivity (Wildman–Crippen MR) is 119 cm³/mol. The van der Waals surface area contributed by atoms with Gasteiger partial charge in [-0.15, -0.1) is 0 Å². The van der Waals surface area contributed by atoms with Gasteiger partial charge in [0.1, 0.15) is 12.4 Å². The number of ether oxygens (including phenoxy) is 1. The largest absolute Gasteiger partial charge is 0.489 e. The van der Waals surface area contributed by atoms with E-state index in [0.717, 1.165) is 29.0 Å². The third-order valence-electron chi connectivity index (χ3n) is 6.33. The number of carbonyl (C=O) groups is 2. The van der Waals surface area contributed by atoms with E-state index in [1.165, 1.54) is 6.21 Å². The molecule has 6 rings (SSSR count). The van der Waals surface area contributed by atoms with Crippen molar-refractivity contribution in [1.82, 2.24) is 5.01 Å². The van der Waals surface area contributed by atoms with E-state index in [9.17, 15) is 9.59 Å². The number of amides is 2. The summed E-state index contributed by atoms with van der Waals surface area (Å²) in [7, 11) is 0. The van der Waals surface area contributed by atoms with Gasteiger partial charge in [0.25, 0.3) is 11.8 Å². The lowest BCUT2D eigenvalue weighted by atomic mass is 9.63. The molecule has 1 saturated heterocycles. The topological polar surface area (TPSA) is 59.0 Å². The molecular weight excluding hydrogens is 435 g/mol. The average molecular weight is 455 g/mol. The second-order valence-corrected chi connectivity index (χ2v) is 9.01. The van der Waals surface area contributed by atoms with Crippen LogP contribution in [0.4, 0.5) is 0 Å². The Morgan fingerprint density at radius 2 is 1.71 bits per heavy atom. The van der Waals surface area contributed by atoms with E-state index in [4.69, 9.17) is 27.9 Å². The molecule has 2 bridgehead atoms. The summed E-state index contributed by atoms with van der Waals surface area (Å²) in [6.45, 7) is 0.291. The number of carbonyl (C=O) groups excluding carboxylic acids is 2. The summed E-state index contributed by atoms with van der Waals surface area (Å²) >= 11 is 12.1. The van der Waals surface area contributed by atoms with Crippen LogP contribution in [0.5, 0.6) is 5.75 Å². The maximum absolute atomic E-state index is 12.9. The number of halogens is 2. The molecule has 1 aliphatic heterocycles. The van der Waals surface area contributed by atoms with Gasteiger partial charge in [-0.2, -0.15) is 10.1 Å². The molecule has 5 nitrogen and oxygen atoms in total. The molecule has 2 fully saturated rings. The van der Waals surface area contributed by atoms with Crippen molar-refractivity contribution in [3.63, 3.8) is 0 Å². The summed E-state index contributed by atoms with van der Waals surface area (Å²) in [5, 5.41) is 6.43. The fraction of sp³-hybridized carbons (Fsp3) is 0.292. The lowest BCUT2D eigenvalue weighted by molar-refractivity contribution is -0.140. The maximum Gasteiger partial charge on any atom is 0.254 e. The van der Waals surface area contributed by atoms with Crippen LogP contribution in [0.15, 0.2) is 59.7 Å². The molecule has 0 unspecified atom stereocenters. The fourth-order valence-electron chi connectivity index (χ4n) is 4.78. The maximum atomic E-state index is 12.9. The second kappa shape index (κ2) is 8.13. The van der Waals surface area contributed by atoms with Gasteiger partial charge in [-0.1, -0.05) is 53.6 Å². The molecule has 7 heteroatoms. The summed E-state index contributed by atoms with van der Waals surface area (Å²) in [5.74, 6) is 0.0562. The van der Waals surface area contributed by atoms with Crippen molar-refractivity contribution in [2.24, 2.45) is 28.8 Å². The molecule has 4 aliphatic rings. The third-order valence-corrected chi connectivity index (χ3v) is 6.91. The van der Waals surface area contributed by atoms with Crippen LogP contribution in [0.1, 0.15) is 24.0 Å². The summed E-state index contributed by atoms with van der Waals surface area (Å²) in [4.78, 5) is 25.7. The minimum absolute atomic E-state index is 0.156. The van der Waals surface area contributed by atoms with Gasteiger partial charge >= 0.3 is 0 Å². The van der Waals surface area contributed by atoms with E-state index in [2.05, 4.69) is 17.3 Å². The zero-order valence-electron chi connectivity index (χ0n) is 16.6. The first-order chi connectivity index (χ1) is 15.0. The summed E-state index contributed by atoms with van der Waals surface area (Å²) < 4.78 is 5.84. The highest BCUT2D eigenvalue weighted by atomic mass is 35.5. The normalized spacial score (nSPS) is 26.7. The first kappa shape index (κ1) is 20.3. The van der Waals surface area contributed by atoms with Gasteiger partial charge in [-0.05, 0) is 54.5 Å². The number of fused-ring (bicyclic) bond motifs is 1. The molecule has 4 atom stereocenters. The number of rotatable bonds is 5. The summed E-state index contributed by atoms with van der Waals surface area (Å²) in [6, 6.07) is 12.6. The van der Waals surface area contributed by atoms with Gasteiger partial charge in [0.2, 0.25) is 0 Å². The van der Waals surface area contributed by atoms with Gasteiger partial charge in [0.15, 0.2) is 0 Å². The molecule has 0 N–H and O–H groups in total. The molecular formula is C24H20Cl2N2O3. The van der Waals surface area contributed by atoms with Crippen LogP contribution in [0.2, 0.25) is 10.0 Å². The number of benzene rings is 2. The van der Waals surface area contributed by atoms with Crippen molar-refractivity contribution >= 4 is 41.2 Å². The third kappa shape index (κ3) is 3.77. The highest BCUT2D eigenvalue weighted by Gasteiger charge is 2.56. The van der Waals surface area contributed by atoms with E-state index in [1.807, 2.05) is 24.3 Å². The molecule has 1 saturated carbocycles. The van der Waals surface area contributed by atoms with Crippen LogP contribution in [-0.4, -0.2) is 23.0 Å². The molecule has 2 aromatic carbocycles. The molecule has 3 aliphatic carbocycles. The van der Waals surface area contributed by atoms with Gasteiger partial charge < -0.3 is 4.74 Å². The first-order valence-electron chi connectivity index (χ1n) is 10.3. The van der Waals surface area contributed by atoms with Crippen LogP contribution in [0.25, 0.3) is 0 Å². The Labute approximate surface area is 190 Å². The Kier molecular flexibility index (Phi) is 5.32. The monoisotopic (exact) mass is 454 g/mol. The predicted octanol–water partition coefficient (Wildman–Crippen LogP) is 5.10.